The van der Waals surface area contributed by atoms with Crippen LogP contribution in [0.15, 0.2) is 18.2 Å². The summed E-state index contributed by atoms with van der Waals surface area (Å²) in [6.07, 6.45) is -4.39. The highest BCUT2D eigenvalue weighted by Gasteiger charge is 2.37. The fourth-order valence-corrected chi connectivity index (χ4v) is 1.89. The summed E-state index contributed by atoms with van der Waals surface area (Å²) >= 11 is 5.57. The van der Waals surface area contributed by atoms with Crippen LogP contribution in [0.1, 0.15) is 5.56 Å². The number of rotatable bonds is 1. The molecule has 0 unspecified atom stereocenters. The van der Waals surface area contributed by atoms with E-state index in [2.05, 4.69) is 0 Å². The third-order valence-electron chi connectivity index (χ3n) is 2.51. The summed E-state index contributed by atoms with van der Waals surface area (Å²) in [5.41, 5.74) is 5.00. The Labute approximate surface area is 95.8 Å². The normalized spacial score (nSPS) is 17.4. The summed E-state index contributed by atoms with van der Waals surface area (Å²) in [5, 5.41) is 0.0842. The van der Waals surface area contributed by atoms with E-state index in [1.54, 1.807) is 4.90 Å². The van der Waals surface area contributed by atoms with Crippen LogP contribution in [-0.2, 0) is 6.18 Å². The van der Waals surface area contributed by atoms with Gasteiger partial charge >= 0.3 is 6.18 Å². The van der Waals surface area contributed by atoms with Gasteiger partial charge in [-0.1, -0.05) is 11.6 Å². The molecule has 16 heavy (non-hydrogen) atoms. The van der Waals surface area contributed by atoms with Crippen molar-refractivity contribution in [3.8, 4) is 0 Å². The Balaban J connectivity index is 2.37. The van der Waals surface area contributed by atoms with Crippen LogP contribution in [0.25, 0.3) is 0 Å². The van der Waals surface area contributed by atoms with Gasteiger partial charge in [-0.2, -0.15) is 13.2 Å². The Morgan fingerprint density at radius 1 is 1.31 bits per heavy atom. The molecular weight excluding hydrogens is 241 g/mol. The van der Waals surface area contributed by atoms with Crippen molar-refractivity contribution >= 4 is 17.3 Å². The predicted molar refractivity (Wildman–Crippen MR) is 56.6 cm³/mol. The van der Waals surface area contributed by atoms with Gasteiger partial charge in [-0.25, -0.2) is 0 Å². The van der Waals surface area contributed by atoms with E-state index in [1.165, 1.54) is 12.1 Å². The number of alkyl halides is 3. The Bertz CT molecular complexity index is 400. The maximum atomic E-state index is 12.7. The lowest BCUT2D eigenvalue weighted by atomic mass is 10.1. The average molecular weight is 251 g/mol. The number of halogens is 4. The SMILES string of the molecule is NC1CN(c2ccc(Cl)cc2C(F)(F)F)C1. The Kier molecular flexibility index (Phi) is 2.75. The molecule has 0 bridgehead atoms. The molecule has 1 aromatic carbocycles. The third kappa shape index (κ3) is 2.10. The smallest absolute Gasteiger partial charge is 0.368 e. The third-order valence-corrected chi connectivity index (χ3v) is 2.75. The molecule has 1 fully saturated rings. The topological polar surface area (TPSA) is 29.3 Å². The van der Waals surface area contributed by atoms with Gasteiger partial charge in [0.05, 0.1) is 5.56 Å². The molecule has 1 aliphatic heterocycles. The molecule has 88 valence electrons. The second-order valence-corrected chi connectivity index (χ2v) is 4.26. The van der Waals surface area contributed by atoms with Crippen molar-refractivity contribution in [1.82, 2.24) is 0 Å². The van der Waals surface area contributed by atoms with Crippen LogP contribution in [0.5, 0.6) is 0 Å². The summed E-state index contributed by atoms with van der Waals surface area (Å²) in [6.45, 7) is 0.898. The van der Waals surface area contributed by atoms with Gasteiger partial charge in [0.1, 0.15) is 0 Å². The molecule has 0 amide bonds. The lowest BCUT2D eigenvalue weighted by Crippen LogP contribution is -2.56. The van der Waals surface area contributed by atoms with Crippen molar-refractivity contribution in [3.63, 3.8) is 0 Å². The van der Waals surface area contributed by atoms with Gasteiger partial charge in [-0.15, -0.1) is 0 Å². The van der Waals surface area contributed by atoms with E-state index in [0.717, 1.165) is 6.07 Å². The van der Waals surface area contributed by atoms with E-state index in [1.807, 2.05) is 0 Å². The summed E-state index contributed by atoms with van der Waals surface area (Å²) in [4.78, 5) is 1.60. The van der Waals surface area contributed by atoms with Crippen LogP contribution in [-0.4, -0.2) is 19.1 Å². The highest BCUT2D eigenvalue weighted by Crippen LogP contribution is 2.39. The summed E-state index contributed by atoms with van der Waals surface area (Å²) in [5.74, 6) is 0. The maximum absolute atomic E-state index is 12.7. The molecule has 0 saturated carbocycles. The van der Waals surface area contributed by atoms with Crippen LogP contribution in [0.2, 0.25) is 5.02 Å². The van der Waals surface area contributed by atoms with Crippen LogP contribution in [0.3, 0.4) is 0 Å². The Hall–Kier alpha value is -0.940. The van der Waals surface area contributed by atoms with Gasteiger partial charge in [-0.05, 0) is 18.2 Å². The van der Waals surface area contributed by atoms with Gasteiger partial charge in [0.25, 0.3) is 0 Å². The van der Waals surface area contributed by atoms with E-state index in [9.17, 15) is 13.2 Å². The first-order valence-corrected chi connectivity index (χ1v) is 5.13. The highest BCUT2D eigenvalue weighted by molar-refractivity contribution is 6.30. The maximum Gasteiger partial charge on any atom is 0.418 e. The van der Waals surface area contributed by atoms with Crippen molar-refractivity contribution in [2.24, 2.45) is 5.73 Å². The monoisotopic (exact) mass is 250 g/mol. The minimum atomic E-state index is -4.39. The summed E-state index contributed by atoms with van der Waals surface area (Å²) in [7, 11) is 0. The largest absolute Gasteiger partial charge is 0.418 e. The zero-order valence-electron chi connectivity index (χ0n) is 8.26. The first kappa shape index (κ1) is 11.5. The molecule has 1 aliphatic rings. The molecule has 0 spiro atoms. The molecule has 0 aliphatic carbocycles. The number of hydrogen-bond donors (Lipinski definition) is 1. The van der Waals surface area contributed by atoms with Crippen molar-refractivity contribution < 1.29 is 13.2 Å². The van der Waals surface area contributed by atoms with E-state index < -0.39 is 11.7 Å². The first-order chi connectivity index (χ1) is 7.38. The quantitative estimate of drug-likeness (QED) is 0.830. The first-order valence-electron chi connectivity index (χ1n) is 4.75. The van der Waals surface area contributed by atoms with Crippen molar-refractivity contribution in [2.75, 3.05) is 18.0 Å². The molecule has 1 saturated heterocycles. The highest BCUT2D eigenvalue weighted by atomic mass is 35.5. The van der Waals surface area contributed by atoms with Gasteiger partial charge in [0, 0.05) is 29.8 Å². The minimum Gasteiger partial charge on any atom is -0.368 e. The molecule has 2 nitrogen and oxygen atoms in total. The Morgan fingerprint density at radius 2 is 1.94 bits per heavy atom. The predicted octanol–water partition coefficient (Wildman–Crippen LogP) is 2.51. The van der Waals surface area contributed by atoms with Gasteiger partial charge in [0.15, 0.2) is 0 Å². The molecule has 2 N–H and O–H groups in total. The fraction of sp³-hybridized carbons (Fsp3) is 0.400. The number of hydrogen-bond acceptors (Lipinski definition) is 2. The van der Waals surface area contributed by atoms with Crippen LogP contribution in [0.4, 0.5) is 18.9 Å². The molecule has 0 atom stereocenters. The van der Waals surface area contributed by atoms with Crippen LogP contribution >= 0.6 is 11.6 Å². The van der Waals surface area contributed by atoms with Gasteiger partial charge < -0.3 is 10.6 Å². The lowest BCUT2D eigenvalue weighted by molar-refractivity contribution is -0.137. The number of anilines is 1. The van der Waals surface area contributed by atoms with Crippen molar-refractivity contribution in [3.05, 3.63) is 28.8 Å². The number of nitrogens with zero attached hydrogens (tertiary/aromatic N) is 1. The Morgan fingerprint density at radius 3 is 2.44 bits per heavy atom. The molecule has 1 aromatic rings. The molecular formula is C10H10ClF3N2. The summed E-state index contributed by atoms with van der Waals surface area (Å²) < 4.78 is 38.2. The zero-order chi connectivity index (χ0) is 11.9. The van der Waals surface area contributed by atoms with Crippen LogP contribution < -0.4 is 10.6 Å². The standard InChI is InChI=1S/C10H10ClF3N2/c11-6-1-2-9(16-4-7(15)5-16)8(3-6)10(12,13)14/h1-3,7H,4-5,15H2. The molecule has 0 radical (unpaired) electrons. The number of nitrogens with two attached hydrogens (primary N) is 1. The van der Waals surface area contributed by atoms with E-state index >= 15 is 0 Å². The van der Waals surface area contributed by atoms with E-state index in [-0.39, 0.29) is 16.8 Å². The molecule has 6 heteroatoms. The van der Waals surface area contributed by atoms with Gasteiger partial charge in [-0.3, -0.25) is 0 Å². The average Bonchev–Trinajstić information content (AvgIpc) is 2.12. The second kappa shape index (κ2) is 3.82. The van der Waals surface area contributed by atoms with Crippen molar-refractivity contribution in [1.29, 1.82) is 0 Å². The van der Waals surface area contributed by atoms with E-state index in [0.29, 0.717) is 13.1 Å². The lowest BCUT2D eigenvalue weighted by Gasteiger charge is -2.40. The minimum absolute atomic E-state index is 0.0447. The molecule has 0 aromatic heterocycles. The molecule has 2 rings (SSSR count). The van der Waals surface area contributed by atoms with Crippen LogP contribution in [0, 0.1) is 0 Å². The number of benzene rings is 1. The summed E-state index contributed by atoms with van der Waals surface area (Å²) in [6, 6.07) is 3.74. The molecule has 1 heterocycles. The van der Waals surface area contributed by atoms with Crippen molar-refractivity contribution in [2.45, 2.75) is 12.2 Å². The second-order valence-electron chi connectivity index (χ2n) is 3.82. The van der Waals surface area contributed by atoms with E-state index in [4.69, 9.17) is 17.3 Å². The van der Waals surface area contributed by atoms with Gasteiger partial charge in [0.2, 0.25) is 0 Å². The fourth-order valence-electron chi connectivity index (χ4n) is 1.72. The zero-order valence-corrected chi connectivity index (χ0v) is 9.02.